The standard InChI is InChI=1S/C20H21N5O4S/c1-14-5-3-6-15(11-14)19-22-23-20(24(19)9-10-29-2)30-13-18(26)21-16-7-4-8-17(12-16)25(27)28/h3-8,11-12H,9-10,13H2,1-2H3,(H,21,26). The van der Waals surface area contributed by atoms with Crippen LogP contribution in [-0.2, 0) is 16.1 Å². The van der Waals surface area contributed by atoms with Gasteiger partial charge in [-0.1, -0.05) is 41.6 Å². The molecular formula is C20H21N5O4S. The fourth-order valence-electron chi connectivity index (χ4n) is 2.80. The summed E-state index contributed by atoms with van der Waals surface area (Å²) in [6.45, 7) is 3.03. The molecule has 0 bridgehead atoms. The number of rotatable bonds is 9. The molecule has 1 N–H and O–H groups in total. The minimum Gasteiger partial charge on any atom is -0.383 e. The van der Waals surface area contributed by atoms with Gasteiger partial charge in [0.1, 0.15) is 0 Å². The molecule has 0 fully saturated rings. The van der Waals surface area contributed by atoms with Gasteiger partial charge in [0.05, 0.1) is 23.8 Å². The third kappa shape index (κ3) is 5.43. The number of benzene rings is 2. The van der Waals surface area contributed by atoms with Gasteiger partial charge in [0.2, 0.25) is 5.91 Å². The number of anilines is 1. The number of aromatic nitrogens is 3. The van der Waals surface area contributed by atoms with E-state index in [1.54, 1.807) is 13.2 Å². The highest BCUT2D eigenvalue weighted by molar-refractivity contribution is 7.99. The first-order valence-corrected chi connectivity index (χ1v) is 10.1. The van der Waals surface area contributed by atoms with Crippen LogP contribution in [0.3, 0.4) is 0 Å². The number of nitro benzene ring substituents is 1. The minimum atomic E-state index is -0.504. The normalized spacial score (nSPS) is 10.7. The van der Waals surface area contributed by atoms with Gasteiger partial charge in [-0.05, 0) is 19.1 Å². The maximum absolute atomic E-state index is 12.3. The molecule has 0 saturated carbocycles. The number of ether oxygens (including phenoxy) is 1. The van der Waals surface area contributed by atoms with E-state index in [-0.39, 0.29) is 17.3 Å². The van der Waals surface area contributed by atoms with E-state index in [2.05, 4.69) is 15.5 Å². The molecule has 0 aliphatic rings. The van der Waals surface area contributed by atoms with Crippen LogP contribution >= 0.6 is 11.8 Å². The number of nitro groups is 1. The van der Waals surface area contributed by atoms with Crippen LogP contribution in [-0.4, -0.2) is 45.1 Å². The topological polar surface area (TPSA) is 112 Å². The molecule has 2 aromatic carbocycles. The van der Waals surface area contributed by atoms with Crippen LogP contribution in [0, 0.1) is 17.0 Å². The fraction of sp³-hybridized carbons (Fsp3) is 0.250. The summed E-state index contributed by atoms with van der Waals surface area (Å²) in [5.74, 6) is 0.498. The molecule has 0 aliphatic heterocycles. The molecule has 1 heterocycles. The lowest BCUT2D eigenvalue weighted by atomic mass is 10.1. The quantitative estimate of drug-likeness (QED) is 0.316. The molecular weight excluding hydrogens is 406 g/mol. The van der Waals surface area contributed by atoms with Crippen molar-refractivity contribution in [1.82, 2.24) is 14.8 Å². The first kappa shape index (κ1) is 21.5. The van der Waals surface area contributed by atoms with Crippen molar-refractivity contribution in [3.05, 3.63) is 64.2 Å². The molecule has 9 nitrogen and oxygen atoms in total. The molecule has 156 valence electrons. The Hall–Kier alpha value is -3.24. The van der Waals surface area contributed by atoms with E-state index >= 15 is 0 Å². The van der Waals surface area contributed by atoms with Crippen LogP contribution < -0.4 is 5.32 Å². The predicted octanol–water partition coefficient (Wildman–Crippen LogP) is 3.54. The number of nitrogens with one attached hydrogen (secondary N) is 1. The molecule has 10 heteroatoms. The van der Waals surface area contributed by atoms with E-state index in [9.17, 15) is 14.9 Å². The number of thioether (sulfide) groups is 1. The molecule has 0 radical (unpaired) electrons. The zero-order valence-corrected chi connectivity index (χ0v) is 17.4. The molecule has 3 rings (SSSR count). The van der Waals surface area contributed by atoms with Crippen molar-refractivity contribution in [3.8, 4) is 11.4 Å². The third-order valence-electron chi connectivity index (χ3n) is 4.19. The maximum Gasteiger partial charge on any atom is 0.271 e. The second-order valence-corrected chi connectivity index (χ2v) is 7.41. The molecule has 0 spiro atoms. The minimum absolute atomic E-state index is 0.0810. The van der Waals surface area contributed by atoms with Crippen molar-refractivity contribution >= 4 is 29.0 Å². The van der Waals surface area contributed by atoms with Crippen LogP contribution in [0.2, 0.25) is 0 Å². The highest BCUT2D eigenvalue weighted by atomic mass is 32.2. The predicted molar refractivity (Wildman–Crippen MR) is 115 cm³/mol. The number of nitrogens with zero attached hydrogens (tertiary/aromatic N) is 4. The number of hydrogen-bond acceptors (Lipinski definition) is 7. The van der Waals surface area contributed by atoms with E-state index in [1.165, 1.54) is 30.0 Å². The van der Waals surface area contributed by atoms with Gasteiger partial charge < -0.3 is 10.1 Å². The van der Waals surface area contributed by atoms with Crippen LogP contribution in [0.25, 0.3) is 11.4 Å². The molecule has 0 saturated heterocycles. The van der Waals surface area contributed by atoms with E-state index in [0.29, 0.717) is 29.8 Å². The second kappa shape index (κ2) is 9.99. The summed E-state index contributed by atoms with van der Waals surface area (Å²) in [6, 6.07) is 13.8. The van der Waals surface area contributed by atoms with Crippen molar-refractivity contribution in [1.29, 1.82) is 0 Å². The van der Waals surface area contributed by atoms with Gasteiger partial charge in [-0.15, -0.1) is 10.2 Å². The summed E-state index contributed by atoms with van der Waals surface area (Å²) in [5, 5.41) is 22.7. The van der Waals surface area contributed by atoms with Gasteiger partial charge in [0.25, 0.3) is 5.69 Å². The summed E-state index contributed by atoms with van der Waals surface area (Å²) in [7, 11) is 1.62. The number of hydrogen-bond donors (Lipinski definition) is 1. The number of non-ortho nitro benzene ring substituents is 1. The Morgan fingerprint density at radius 2 is 2.03 bits per heavy atom. The van der Waals surface area contributed by atoms with Crippen LogP contribution in [0.4, 0.5) is 11.4 Å². The molecule has 30 heavy (non-hydrogen) atoms. The number of methoxy groups -OCH3 is 1. The van der Waals surface area contributed by atoms with Gasteiger partial charge >= 0.3 is 0 Å². The zero-order chi connectivity index (χ0) is 21.5. The largest absolute Gasteiger partial charge is 0.383 e. The Morgan fingerprint density at radius 3 is 2.77 bits per heavy atom. The fourth-order valence-corrected chi connectivity index (χ4v) is 3.57. The smallest absolute Gasteiger partial charge is 0.271 e. The lowest BCUT2D eigenvalue weighted by Gasteiger charge is -2.10. The highest BCUT2D eigenvalue weighted by Gasteiger charge is 2.16. The van der Waals surface area contributed by atoms with Crippen LogP contribution in [0.5, 0.6) is 0 Å². The number of aryl methyl sites for hydroxylation is 1. The summed E-state index contributed by atoms with van der Waals surface area (Å²) < 4.78 is 7.12. The van der Waals surface area contributed by atoms with E-state index in [0.717, 1.165) is 11.1 Å². The van der Waals surface area contributed by atoms with Crippen molar-refractivity contribution < 1.29 is 14.5 Å². The monoisotopic (exact) mass is 427 g/mol. The Balaban J connectivity index is 1.72. The summed E-state index contributed by atoms with van der Waals surface area (Å²) in [5.41, 5.74) is 2.34. The van der Waals surface area contributed by atoms with Crippen molar-refractivity contribution in [2.45, 2.75) is 18.6 Å². The van der Waals surface area contributed by atoms with Crippen molar-refractivity contribution in [2.24, 2.45) is 0 Å². The van der Waals surface area contributed by atoms with Gasteiger partial charge in [-0.25, -0.2) is 0 Å². The van der Waals surface area contributed by atoms with E-state index in [1.807, 2.05) is 35.8 Å². The highest BCUT2D eigenvalue weighted by Crippen LogP contribution is 2.25. The second-order valence-electron chi connectivity index (χ2n) is 6.46. The Bertz CT molecular complexity index is 1050. The number of carbonyl (C=O) groups excluding carboxylic acids is 1. The lowest BCUT2D eigenvalue weighted by molar-refractivity contribution is -0.384. The van der Waals surface area contributed by atoms with E-state index in [4.69, 9.17) is 4.74 Å². The first-order valence-electron chi connectivity index (χ1n) is 9.14. The molecule has 1 amide bonds. The van der Waals surface area contributed by atoms with Crippen molar-refractivity contribution in [3.63, 3.8) is 0 Å². The summed E-state index contributed by atoms with van der Waals surface area (Å²) in [6.07, 6.45) is 0. The summed E-state index contributed by atoms with van der Waals surface area (Å²) in [4.78, 5) is 22.7. The first-order chi connectivity index (χ1) is 14.5. The lowest BCUT2D eigenvalue weighted by Crippen LogP contribution is -2.15. The SMILES string of the molecule is COCCn1c(SCC(=O)Nc2cccc([N+](=O)[O-])c2)nnc1-c1cccc(C)c1. The average molecular weight is 427 g/mol. The van der Waals surface area contributed by atoms with Gasteiger partial charge in [-0.2, -0.15) is 0 Å². The van der Waals surface area contributed by atoms with E-state index < -0.39 is 4.92 Å². The molecule has 1 aromatic heterocycles. The van der Waals surface area contributed by atoms with Crippen molar-refractivity contribution in [2.75, 3.05) is 24.8 Å². The molecule has 0 unspecified atom stereocenters. The van der Waals surface area contributed by atoms with Gasteiger partial charge in [0.15, 0.2) is 11.0 Å². The Labute approximate surface area is 177 Å². The number of carbonyl (C=O) groups is 1. The number of amides is 1. The molecule has 3 aromatic rings. The summed E-state index contributed by atoms with van der Waals surface area (Å²) >= 11 is 1.24. The Morgan fingerprint density at radius 1 is 1.23 bits per heavy atom. The molecule has 0 aliphatic carbocycles. The molecule has 0 atom stereocenters. The van der Waals surface area contributed by atoms with Crippen LogP contribution in [0.1, 0.15) is 5.56 Å². The Kier molecular flexibility index (Phi) is 7.15. The average Bonchev–Trinajstić information content (AvgIpc) is 3.13. The third-order valence-corrected chi connectivity index (χ3v) is 5.15. The van der Waals surface area contributed by atoms with Crippen LogP contribution in [0.15, 0.2) is 53.7 Å². The van der Waals surface area contributed by atoms with Gasteiger partial charge in [-0.3, -0.25) is 19.5 Å². The zero-order valence-electron chi connectivity index (χ0n) is 16.6. The maximum atomic E-state index is 12.3. The van der Waals surface area contributed by atoms with Gasteiger partial charge in [0, 0.05) is 30.5 Å².